The van der Waals surface area contributed by atoms with Crippen molar-refractivity contribution < 1.29 is 4.79 Å². The molecule has 20 heavy (non-hydrogen) atoms. The molecule has 2 heteroatoms. The summed E-state index contributed by atoms with van der Waals surface area (Å²) in [5, 5.41) is 0. The van der Waals surface area contributed by atoms with Crippen LogP contribution in [0.1, 0.15) is 18.1 Å². The number of amides is 1. The van der Waals surface area contributed by atoms with Gasteiger partial charge in [-0.1, -0.05) is 60.7 Å². The molecule has 0 aliphatic rings. The highest BCUT2D eigenvalue weighted by Gasteiger charge is 2.11. The van der Waals surface area contributed by atoms with E-state index in [-0.39, 0.29) is 5.91 Å². The van der Waals surface area contributed by atoms with Gasteiger partial charge in [0.1, 0.15) is 0 Å². The molecule has 2 rings (SSSR count). The normalized spacial score (nSPS) is 11.2. The lowest BCUT2D eigenvalue weighted by molar-refractivity contribution is -0.126. The first kappa shape index (κ1) is 14.1. The summed E-state index contributed by atoms with van der Waals surface area (Å²) in [5.41, 5.74) is 2.93. The minimum atomic E-state index is 0.0534. The molecule has 0 aromatic heterocycles. The number of hydrogen-bond acceptors (Lipinski definition) is 1. The van der Waals surface area contributed by atoms with Crippen molar-refractivity contribution in [1.29, 1.82) is 0 Å². The summed E-state index contributed by atoms with van der Waals surface area (Å²) in [4.78, 5) is 14.0. The topological polar surface area (TPSA) is 20.3 Å². The Bertz CT molecular complexity index is 587. The zero-order valence-electron chi connectivity index (χ0n) is 11.9. The maximum atomic E-state index is 12.3. The fourth-order valence-electron chi connectivity index (χ4n) is 2.09. The van der Waals surface area contributed by atoms with Gasteiger partial charge in [-0.05, 0) is 24.1 Å². The van der Waals surface area contributed by atoms with E-state index < -0.39 is 0 Å². The van der Waals surface area contributed by atoms with Gasteiger partial charge in [-0.25, -0.2) is 0 Å². The van der Waals surface area contributed by atoms with E-state index in [2.05, 4.69) is 0 Å². The molecule has 0 saturated heterocycles. The molecule has 0 fully saturated rings. The Balaban J connectivity index is 2.05. The smallest absolute Gasteiger partial charge is 0.249 e. The van der Waals surface area contributed by atoms with Crippen molar-refractivity contribution in [3.8, 4) is 0 Å². The van der Waals surface area contributed by atoms with Crippen LogP contribution in [0.25, 0.3) is 6.08 Å². The zero-order valence-corrected chi connectivity index (χ0v) is 11.9. The van der Waals surface area contributed by atoms with Crippen LogP contribution in [0.2, 0.25) is 0 Å². The Morgan fingerprint density at radius 3 is 2.15 bits per heavy atom. The molecule has 0 unspecified atom stereocenters. The van der Waals surface area contributed by atoms with E-state index in [9.17, 15) is 4.79 Å². The SMILES string of the molecule is C/C(=C\c1ccccc1)C(=O)N(C)Cc1ccccc1. The number of hydrogen-bond donors (Lipinski definition) is 0. The molecular formula is C18H19NO. The van der Waals surface area contributed by atoms with Gasteiger partial charge >= 0.3 is 0 Å². The van der Waals surface area contributed by atoms with Crippen LogP contribution < -0.4 is 0 Å². The van der Waals surface area contributed by atoms with Crippen LogP contribution >= 0.6 is 0 Å². The van der Waals surface area contributed by atoms with Crippen LogP contribution in [0.4, 0.5) is 0 Å². The molecular weight excluding hydrogens is 246 g/mol. The third kappa shape index (κ3) is 3.82. The fraction of sp³-hybridized carbons (Fsp3) is 0.167. The largest absolute Gasteiger partial charge is 0.338 e. The number of rotatable bonds is 4. The summed E-state index contributed by atoms with van der Waals surface area (Å²) in [5.74, 6) is 0.0534. The van der Waals surface area contributed by atoms with E-state index >= 15 is 0 Å². The number of carbonyl (C=O) groups excluding carboxylic acids is 1. The molecule has 0 radical (unpaired) electrons. The number of nitrogens with zero attached hydrogens (tertiary/aromatic N) is 1. The van der Waals surface area contributed by atoms with Crippen molar-refractivity contribution in [3.05, 3.63) is 77.4 Å². The van der Waals surface area contributed by atoms with Gasteiger partial charge in [0.05, 0.1) is 0 Å². The summed E-state index contributed by atoms with van der Waals surface area (Å²) in [6.07, 6.45) is 1.92. The molecule has 0 atom stereocenters. The van der Waals surface area contributed by atoms with Gasteiger partial charge < -0.3 is 4.90 Å². The third-order valence-electron chi connectivity index (χ3n) is 3.13. The summed E-state index contributed by atoms with van der Waals surface area (Å²) in [7, 11) is 1.83. The Morgan fingerprint density at radius 1 is 1.00 bits per heavy atom. The van der Waals surface area contributed by atoms with Crippen LogP contribution in [0.3, 0.4) is 0 Å². The molecule has 2 aromatic rings. The van der Waals surface area contributed by atoms with Gasteiger partial charge in [0, 0.05) is 19.2 Å². The van der Waals surface area contributed by atoms with Crippen molar-refractivity contribution in [2.24, 2.45) is 0 Å². The average Bonchev–Trinajstić information content (AvgIpc) is 2.48. The van der Waals surface area contributed by atoms with Crippen molar-refractivity contribution in [1.82, 2.24) is 4.90 Å². The van der Waals surface area contributed by atoms with E-state index in [0.29, 0.717) is 6.54 Å². The van der Waals surface area contributed by atoms with Crippen LogP contribution in [0.15, 0.2) is 66.2 Å². The highest BCUT2D eigenvalue weighted by Crippen LogP contribution is 2.10. The quantitative estimate of drug-likeness (QED) is 0.771. The molecule has 102 valence electrons. The van der Waals surface area contributed by atoms with E-state index in [1.807, 2.05) is 80.7 Å². The minimum Gasteiger partial charge on any atom is -0.338 e. The molecule has 1 amide bonds. The molecule has 0 aliphatic heterocycles. The summed E-state index contributed by atoms with van der Waals surface area (Å²) in [6.45, 7) is 2.48. The van der Waals surface area contributed by atoms with E-state index in [0.717, 1.165) is 16.7 Å². The Kier molecular flexibility index (Phi) is 4.72. The summed E-state index contributed by atoms with van der Waals surface area (Å²) < 4.78 is 0. The van der Waals surface area contributed by atoms with E-state index in [1.165, 1.54) is 0 Å². The molecule has 0 spiro atoms. The lowest BCUT2D eigenvalue weighted by Gasteiger charge is -2.17. The maximum absolute atomic E-state index is 12.3. The lowest BCUT2D eigenvalue weighted by atomic mass is 10.1. The van der Waals surface area contributed by atoms with E-state index in [4.69, 9.17) is 0 Å². The van der Waals surface area contributed by atoms with Gasteiger partial charge in [-0.2, -0.15) is 0 Å². The second kappa shape index (κ2) is 6.71. The van der Waals surface area contributed by atoms with Crippen molar-refractivity contribution in [2.45, 2.75) is 13.5 Å². The van der Waals surface area contributed by atoms with Gasteiger partial charge in [0.25, 0.3) is 0 Å². The van der Waals surface area contributed by atoms with Crippen molar-refractivity contribution in [2.75, 3.05) is 7.05 Å². The lowest BCUT2D eigenvalue weighted by Crippen LogP contribution is -2.26. The third-order valence-corrected chi connectivity index (χ3v) is 3.13. The highest BCUT2D eigenvalue weighted by molar-refractivity contribution is 5.97. The minimum absolute atomic E-state index is 0.0534. The Morgan fingerprint density at radius 2 is 1.55 bits per heavy atom. The fourth-order valence-corrected chi connectivity index (χ4v) is 2.09. The van der Waals surface area contributed by atoms with Gasteiger partial charge in [0.15, 0.2) is 0 Å². The van der Waals surface area contributed by atoms with Crippen LogP contribution in [-0.4, -0.2) is 17.9 Å². The molecule has 2 aromatic carbocycles. The number of benzene rings is 2. The first-order valence-electron chi connectivity index (χ1n) is 6.69. The number of carbonyl (C=O) groups is 1. The standard InChI is InChI=1S/C18H19NO/c1-15(13-16-9-5-3-6-10-16)18(20)19(2)14-17-11-7-4-8-12-17/h3-13H,14H2,1-2H3/b15-13+. The first-order valence-corrected chi connectivity index (χ1v) is 6.69. The predicted molar refractivity (Wildman–Crippen MR) is 83.0 cm³/mol. The molecule has 0 saturated carbocycles. The van der Waals surface area contributed by atoms with Crippen LogP contribution in [0, 0.1) is 0 Å². The second-order valence-corrected chi connectivity index (χ2v) is 4.88. The van der Waals surface area contributed by atoms with Crippen LogP contribution in [0.5, 0.6) is 0 Å². The molecule has 0 N–H and O–H groups in total. The van der Waals surface area contributed by atoms with Gasteiger partial charge in [-0.3, -0.25) is 4.79 Å². The summed E-state index contributed by atoms with van der Waals surface area (Å²) >= 11 is 0. The monoisotopic (exact) mass is 265 g/mol. The van der Waals surface area contributed by atoms with Crippen LogP contribution in [-0.2, 0) is 11.3 Å². The molecule has 0 aliphatic carbocycles. The molecule has 0 heterocycles. The maximum Gasteiger partial charge on any atom is 0.249 e. The second-order valence-electron chi connectivity index (χ2n) is 4.88. The molecule has 0 bridgehead atoms. The van der Waals surface area contributed by atoms with Crippen molar-refractivity contribution >= 4 is 12.0 Å². The Labute approximate surface area is 120 Å². The van der Waals surface area contributed by atoms with Gasteiger partial charge in [-0.15, -0.1) is 0 Å². The predicted octanol–water partition coefficient (Wildman–Crippen LogP) is 3.75. The zero-order chi connectivity index (χ0) is 14.4. The summed E-state index contributed by atoms with van der Waals surface area (Å²) in [6, 6.07) is 19.9. The van der Waals surface area contributed by atoms with E-state index in [1.54, 1.807) is 4.90 Å². The molecule has 2 nitrogen and oxygen atoms in total. The first-order chi connectivity index (χ1) is 9.66. The average molecular weight is 265 g/mol. The number of likely N-dealkylation sites (N-methyl/N-ethyl adjacent to an activating group) is 1. The highest BCUT2D eigenvalue weighted by atomic mass is 16.2. The van der Waals surface area contributed by atoms with Gasteiger partial charge in [0.2, 0.25) is 5.91 Å². The van der Waals surface area contributed by atoms with Crippen molar-refractivity contribution in [3.63, 3.8) is 0 Å². The Hall–Kier alpha value is -2.35.